The molecule has 2 aliphatic heterocycles. The molecular formula is C16H19F3N2O2. The zero-order valence-corrected chi connectivity index (χ0v) is 12.6. The van der Waals surface area contributed by atoms with Gasteiger partial charge in [-0.25, -0.2) is 0 Å². The van der Waals surface area contributed by atoms with Gasteiger partial charge in [0.15, 0.2) is 0 Å². The van der Waals surface area contributed by atoms with Crippen molar-refractivity contribution in [2.45, 2.75) is 31.6 Å². The molecule has 1 saturated heterocycles. The zero-order valence-electron chi connectivity index (χ0n) is 12.6. The van der Waals surface area contributed by atoms with E-state index in [2.05, 4.69) is 10.2 Å². The summed E-state index contributed by atoms with van der Waals surface area (Å²) in [6, 6.07) is 4.06. The van der Waals surface area contributed by atoms with E-state index < -0.39 is 17.7 Å². The number of fused-ring (bicyclic) bond motifs is 1. The van der Waals surface area contributed by atoms with Crippen LogP contribution >= 0.6 is 0 Å². The van der Waals surface area contributed by atoms with E-state index >= 15 is 0 Å². The van der Waals surface area contributed by atoms with E-state index in [1.54, 1.807) is 6.07 Å². The summed E-state index contributed by atoms with van der Waals surface area (Å²) < 4.78 is 38.2. The monoisotopic (exact) mass is 328 g/mol. The van der Waals surface area contributed by atoms with Crippen LogP contribution in [0.15, 0.2) is 18.2 Å². The van der Waals surface area contributed by atoms with Crippen LogP contribution in [0.1, 0.15) is 23.1 Å². The molecule has 0 bridgehead atoms. The van der Waals surface area contributed by atoms with Crippen molar-refractivity contribution < 1.29 is 23.1 Å². The lowest BCUT2D eigenvalue weighted by atomic mass is 9.93. The van der Waals surface area contributed by atoms with Crippen LogP contribution in [0.3, 0.4) is 0 Å². The first-order valence-corrected chi connectivity index (χ1v) is 7.70. The van der Waals surface area contributed by atoms with Gasteiger partial charge in [-0.15, -0.1) is 0 Å². The number of halogens is 3. The molecule has 4 nitrogen and oxygen atoms in total. The second-order valence-electron chi connectivity index (χ2n) is 6.35. The number of carboxylic acid groups (broad SMARTS) is 1. The molecule has 126 valence electrons. The van der Waals surface area contributed by atoms with E-state index in [9.17, 15) is 18.0 Å². The van der Waals surface area contributed by atoms with Gasteiger partial charge in [0.1, 0.15) is 0 Å². The number of hydrogen-bond acceptors (Lipinski definition) is 3. The third-order valence-electron chi connectivity index (χ3n) is 4.68. The third kappa shape index (κ3) is 3.67. The number of carbonyl (C=O) groups is 1. The molecule has 2 unspecified atom stereocenters. The molecule has 0 aliphatic carbocycles. The van der Waals surface area contributed by atoms with Crippen LogP contribution in [0.5, 0.6) is 0 Å². The molecule has 3 rings (SSSR count). The summed E-state index contributed by atoms with van der Waals surface area (Å²) in [5.74, 6) is -1.06. The van der Waals surface area contributed by atoms with Crippen molar-refractivity contribution in [1.29, 1.82) is 0 Å². The molecule has 1 aromatic rings. The lowest BCUT2D eigenvalue weighted by Crippen LogP contribution is -2.44. The molecule has 2 N–H and O–H groups in total. The van der Waals surface area contributed by atoms with E-state index in [1.165, 1.54) is 6.07 Å². The van der Waals surface area contributed by atoms with Gasteiger partial charge in [-0.1, -0.05) is 6.07 Å². The van der Waals surface area contributed by atoms with E-state index in [4.69, 9.17) is 5.11 Å². The van der Waals surface area contributed by atoms with Gasteiger partial charge in [-0.2, -0.15) is 13.2 Å². The van der Waals surface area contributed by atoms with Crippen LogP contribution in [0.25, 0.3) is 0 Å². The zero-order chi connectivity index (χ0) is 16.6. The molecule has 1 fully saturated rings. The van der Waals surface area contributed by atoms with Crippen molar-refractivity contribution in [2.24, 2.45) is 5.92 Å². The molecule has 0 spiro atoms. The number of aliphatic carboxylic acids is 1. The van der Waals surface area contributed by atoms with Crippen molar-refractivity contribution in [2.75, 3.05) is 19.6 Å². The highest BCUT2D eigenvalue weighted by atomic mass is 19.4. The highest BCUT2D eigenvalue weighted by molar-refractivity contribution is 5.70. The minimum Gasteiger partial charge on any atom is -0.481 e. The fourth-order valence-corrected chi connectivity index (χ4v) is 3.40. The summed E-state index contributed by atoms with van der Waals surface area (Å²) in [4.78, 5) is 13.1. The summed E-state index contributed by atoms with van der Waals surface area (Å²) in [5, 5.41) is 12.3. The van der Waals surface area contributed by atoms with Crippen molar-refractivity contribution in [3.05, 3.63) is 34.9 Å². The number of rotatable bonds is 3. The number of benzene rings is 1. The minimum absolute atomic E-state index is 0.145. The van der Waals surface area contributed by atoms with Gasteiger partial charge in [0.2, 0.25) is 0 Å². The average molecular weight is 328 g/mol. The molecule has 1 aromatic carbocycles. The second kappa shape index (κ2) is 6.13. The number of carboxylic acids is 1. The standard InChI is InChI=1S/C16H19F3N2O2/c17-16(18,19)13-2-1-10-6-14(20-7-12(10)5-13)9-21-4-3-11(8-21)15(22)23/h1-2,5,11,14,20H,3-4,6-9H2,(H,22,23). The first kappa shape index (κ1) is 16.3. The van der Waals surface area contributed by atoms with Crippen LogP contribution in [-0.2, 0) is 23.9 Å². The summed E-state index contributed by atoms with van der Waals surface area (Å²) >= 11 is 0. The molecule has 2 aliphatic rings. The largest absolute Gasteiger partial charge is 0.481 e. The van der Waals surface area contributed by atoms with Gasteiger partial charge >= 0.3 is 12.1 Å². The molecule has 0 aromatic heterocycles. The van der Waals surface area contributed by atoms with Crippen LogP contribution in [-0.4, -0.2) is 41.7 Å². The highest BCUT2D eigenvalue weighted by Gasteiger charge is 2.33. The fraction of sp³-hybridized carbons (Fsp3) is 0.562. The first-order chi connectivity index (χ1) is 10.8. The smallest absolute Gasteiger partial charge is 0.416 e. The predicted molar refractivity (Wildman–Crippen MR) is 78.0 cm³/mol. The Kier molecular flexibility index (Phi) is 4.33. The summed E-state index contributed by atoms with van der Waals surface area (Å²) in [6.45, 7) is 2.45. The van der Waals surface area contributed by atoms with Gasteiger partial charge in [0.25, 0.3) is 0 Å². The Morgan fingerprint density at radius 2 is 2.13 bits per heavy atom. The molecule has 0 radical (unpaired) electrons. The lowest BCUT2D eigenvalue weighted by Gasteiger charge is -2.30. The normalized spacial score (nSPS) is 25.3. The maximum atomic E-state index is 12.7. The quantitative estimate of drug-likeness (QED) is 0.892. The molecular weight excluding hydrogens is 309 g/mol. The van der Waals surface area contributed by atoms with Crippen LogP contribution in [0.4, 0.5) is 13.2 Å². The first-order valence-electron chi connectivity index (χ1n) is 7.70. The summed E-state index contributed by atoms with van der Waals surface area (Å²) in [7, 11) is 0. The number of nitrogens with zero attached hydrogens (tertiary/aromatic N) is 1. The maximum Gasteiger partial charge on any atom is 0.416 e. The Morgan fingerprint density at radius 3 is 2.78 bits per heavy atom. The Labute approximate surface area is 132 Å². The van der Waals surface area contributed by atoms with Crippen LogP contribution < -0.4 is 5.32 Å². The number of nitrogens with one attached hydrogen (secondary N) is 1. The predicted octanol–water partition coefficient (Wildman–Crippen LogP) is 2.13. The molecule has 2 heterocycles. The van der Waals surface area contributed by atoms with E-state index in [1.807, 2.05) is 0 Å². The van der Waals surface area contributed by atoms with Crippen LogP contribution in [0, 0.1) is 5.92 Å². The van der Waals surface area contributed by atoms with Gasteiger partial charge < -0.3 is 15.3 Å². The third-order valence-corrected chi connectivity index (χ3v) is 4.68. The number of likely N-dealkylation sites (tertiary alicyclic amines) is 1. The Morgan fingerprint density at radius 1 is 1.35 bits per heavy atom. The minimum atomic E-state index is -4.31. The van der Waals surface area contributed by atoms with Crippen molar-refractivity contribution in [3.8, 4) is 0 Å². The van der Waals surface area contributed by atoms with Crippen molar-refractivity contribution >= 4 is 5.97 Å². The Hall–Kier alpha value is -1.60. The second-order valence-corrected chi connectivity index (χ2v) is 6.35. The molecule has 0 saturated carbocycles. The highest BCUT2D eigenvalue weighted by Crippen LogP contribution is 2.31. The van der Waals surface area contributed by atoms with E-state index in [-0.39, 0.29) is 12.0 Å². The maximum absolute atomic E-state index is 12.7. The van der Waals surface area contributed by atoms with Crippen LogP contribution in [0.2, 0.25) is 0 Å². The topological polar surface area (TPSA) is 52.6 Å². The summed E-state index contributed by atoms with van der Waals surface area (Å²) in [6.07, 6.45) is -2.98. The molecule has 2 atom stereocenters. The number of hydrogen-bond donors (Lipinski definition) is 2. The van der Waals surface area contributed by atoms with Crippen molar-refractivity contribution in [1.82, 2.24) is 10.2 Å². The molecule has 0 amide bonds. The Balaban J connectivity index is 1.62. The van der Waals surface area contributed by atoms with E-state index in [0.29, 0.717) is 31.5 Å². The summed E-state index contributed by atoms with van der Waals surface area (Å²) in [5.41, 5.74) is 1.02. The van der Waals surface area contributed by atoms with Gasteiger partial charge in [-0.05, 0) is 42.6 Å². The van der Waals surface area contributed by atoms with Gasteiger partial charge in [0.05, 0.1) is 11.5 Å². The SMILES string of the molecule is O=C(O)C1CCN(CC2Cc3ccc(C(F)(F)F)cc3CN2)C1. The lowest BCUT2D eigenvalue weighted by molar-refractivity contribution is -0.141. The fourth-order valence-electron chi connectivity index (χ4n) is 3.40. The van der Waals surface area contributed by atoms with Crippen molar-refractivity contribution in [3.63, 3.8) is 0 Å². The number of alkyl halides is 3. The Bertz CT molecular complexity index is 603. The van der Waals surface area contributed by atoms with Gasteiger partial charge in [-0.3, -0.25) is 4.79 Å². The molecule has 7 heteroatoms. The van der Waals surface area contributed by atoms with E-state index in [0.717, 1.165) is 24.7 Å². The van der Waals surface area contributed by atoms with Gasteiger partial charge in [0, 0.05) is 25.7 Å². The molecule has 23 heavy (non-hydrogen) atoms. The average Bonchev–Trinajstić information content (AvgIpc) is 2.94.